The molecular formula is C14H18N2OS. The molecule has 0 atom stereocenters. The Morgan fingerprint density at radius 2 is 2.11 bits per heavy atom. The summed E-state index contributed by atoms with van der Waals surface area (Å²) in [6.45, 7) is 4.78. The number of ether oxygens (including phenoxy) is 1. The molecule has 0 aliphatic heterocycles. The molecule has 0 radical (unpaired) electrons. The zero-order valence-electron chi connectivity index (χ0n) is 11.0. The van der Waals surface area contributed by atoms with E-state index in [4.69, 9.17) is 10.5 Å². The minimum Gasteiger partial charge on any atom is -0.496 e. The van der Waals surface area contributed by atoms with Gasteiger partial charge in [0.2, 0.25) is 0 Å². The van der Waals surface area contributed by atoms with Crippen LogP contribution in [-0.4, -0.2) is 18.6 Å². The van der Waals surface area contributed by atoms with E-state index in [0.717, 1.165) is 34.0 Å². The van der Waals surface area contributed by atoms with E-state index in [1.807, 2.05) is 0 Å². The highest BCUT2D eigenvalue weighted by atomic mass is 32.1. The third kappa shape index (κ3) is 2.54. The zero-order chi connectivity index (χ0) is 13.1. The molecule has 96 valence electrons. The molecule has 0 bridgehead atoms. The number of benzene rings is 1. The van der Waals surface area contributed by atoms with Gasteiger partial charge in [-0.05, 0) is 37.6 Å². The van der Waals surface area contributed by atoms with Crippen LogP contribution in [0.3, 0.4) is 0 Å². The molecule has 0 unspecified atom stereocenters. The molecule has 1 aromatic carbocycles. The summed E-state index contributed by atoms with van der Waals surface area (Å²) in [5, 5.41) is 3.07. The number of nitrogens with zero attached hydrogens (tertiary/aromatic N) is 1. The Morgan fingerprint density at radius 3 is 2.78 bits per heavy atom. The number of rotatable bonds is 4. The van der Waals surface area contributed by atoms with Crippen LogP contribution in [0.25, 0.3) is 10.6 Å². The van der Waals surface area contributed by atoms with Gasteiger partial charge >= 0.3 is 0 Å². The zero-order valence-corrected chi connectivity index (χ0v) is 11.8. The standard InChI is InChI=1S/C14H18N2OS/c1-9-6-10(2)13(17-3)12(7-9)14-16-11(4-5-15)8-18-14/h6-8H,4-5,15H2,1-3H3. The van der Waals surface area contributed by atoms with Gasteiger partial charge in [-0.25, -0.2) is 4.98 Å². The van der Waals surface area contributed by atoms with Gasteiger partial charge < -0.3 is 10.5 Å². The molecule has 0 saturated heterocycles. The predicted octanol–water partition coefficient (Wildman–Crippen LogP) is 2.94. The van der Waals surface area contributed by atoms with Crippen molar-refractivity contribution in [1.29, 1.82) is 0 Å². The van der Waals surface area contributed by atoms with Crippen molar-refractivity contribution < 1.29 is 4.74 Å². The molecule has 0 saturated carbocycles. The van der Waals surface area contributed by atoms with Gasteiger partial charge in [0.1, 0.15) is 10.8 Å². The van der Waals surface area contributed by atoms with Crippen molar-refractivity contribution in [3.8, 4) is 16.3 Å². The molecule has 0 amide bonds. The molecule has 2 N–H and O–H groups in total. The Balaban J connectivity index is 2.48. The van der Waals surface area contributed by atoms with E-state index in [1.165, 1.54) is 5.56 Å². The van der Waals surface area contributed by atoms with Crippen molar-refractivity contribution in [2.45, 2.75) is 20.3 Å². The van der Waals surface area contributed by atoms with Gasteiger partial charge in [0.15, 0.2) is 0 Å². The Hall–Kier alpha value is -1.39. The summed E-state index contributed by atoms with van der Waals surface area (Å²) < 4.78 is 5.50. The molecule has 3 nitrogen and oxygen atoms in total. The van der Waals surface area contributed by atoms with Crippen LogP contribution in [0.2, 0.25) is 0 Å². The van der Waals surface area contributed by atoms with Gasteiger partial charge in [0.05, 0.1) is 18.4 Å². The fraction of sp³-hybridized carbons (Fsp3) is 0.357. The van der Waals surface area contributed by atoms with Crippen molar-refractivity contribution in [2.24, 2.45) is 5.73 Å². The minimum absolute atomic E-state index is 0.632. The number of methoxy groups -OCH3 is 1. The number of aromatic nitrogens is 1. The van der Waals surface area contributed by atoms with E-state index in [-0.39, 0.29) is 0 Å². The van der Waals surface area contributed by atoms with E-state index in [9.17, 15) is 0 Å². The normalized spacial score (nSPS) is 10.7. The second-order valence-electron chi connectivity index (χ2n) is 4.35. The molecule has 4 heteroatoms. The number of aryl methyl sites for hydroxylation is 2. The molecule has 1 aromatic heterocycles. The monoisotopic (exact) mass is 262 g/mol. The maximum atomic E-state index is 5.55. The first-order chi connectivity index (χ1) is 8.65. The predicted molar refractivity (Wildman–Crippen MR) is 76.3 cm³/mol. The summed E-state index contributed by atoms with van der Waals surface area (Å²) >= 11 is 1.64. The van der Waals surface area contributed by atoms with Crippen LogP contribution in [0.5, 0.6) is 5.75 Å². The highest BCUT2D eigenvalue weighted by Gasteiger charge is 2.13. The fourth-order valence-electron chi connectivity index (χ4n) is 2.08. The first-order valence-corrected chi connectivity index (χ1v) is 6.83. The third-order valence-electron chi connectivity index (χ3n) is 2.81. The quantitative estimate of drug-likeness (QED) is 0.921. The van der Waals surface area contributed by atoms with Crippen LogP contribution in [0.1, 0.15) is 16.8 Å². The summed E-state index contributed by atoms with van der Waals surface area (Å²) in [5.41, 5.74) is 10.0. The lowest BCUT2D eigenvalue weighted by Crippen LogP contribution is -2.02. The second-order valence-corrected chi connectivity index (χ2v) is 5.20. The third-order valence-corrected chi connectivity index (χ3v) is 3.73. The summed E-state index contributed by atoms with van der Waals surface area (Å²) in [6.07, 6.45) is 0.823. The number of nitrogens with two attached hydrogens (primary N) is 1. The van der Waals surface area contributed by atoms with Gasteiger partial charge in [-0.2, -0.15) is 0 Å². The van der Waals surface area contributed by atoms with Crippen molar-refractivity contribution in [2.75, 3.05) is 13.7 Å². The van der Waals surface area contributed by atoms with Gasteiger partial charge in [-0.3, -0.25) is 0 Å². The van der Waals surface area contributed by atoms with Crippen molar-refractivity contribution in [3.05, 3.63) is 34.3 Å². The van der Waals surface area contributed by atoms with Crippen LogP contribution < -0.4 is 10.5 Å². The molecule has 0 spiro atoms. The highest BCUT2D eigenvalue weighted by molar-refractivity contribution is 7.13. The van der Waals surface area contributed by atoms with Crippen LogP contribution in [0.4, 0.5) is 0 Å². The second kappa shape index (κ2) is 5.50. The van der Waals surface area contributed by atoms with E-state index < -0.39 is 0 Å². The van der Waals surface area contributed by atoms with Crippen molar-refractivity contribution in [1.82, 2.24) is 4.98 Å². The SMILES string of the molecule is COc1c(C)cc(C)cc1-c1nc(CCN)cs1. The minimum atomic E-state index is 0.632. The molecule has 0 aliphatic rings. The summed E-state index contributed by atoms with van der Waals surface area (Å²) in [7, 11) is 1.70. The number of hydrogen-bond acceptors (Lipinski definition) is 4. The van der Waals surface area contributed by atoms with E-state index in [0.29, 0.717) is 6.54 Å². The highest BCUT2D eigenvalue weighted by Crippen LogP contribution is 2.35. The molecule has 18 heavy (non-hydrogen) atoms. The van der Waals surface area contributed by atoms with Gasteiger partial charge in [0.25, 0.3) is 0 Å². The summed E-state index contributed by atoms with van der Waals surface area (Å²) in [6, 6.07) is 4.24. The lowest BCUT2D eigenvalue weighted by Gasteiger charge is -2.10. The van der Waals surface area contributed by atoms with Crippen molar-refractivity contribution >= 4 is 11.3 Å². The van der Waals surface area contributed by atoms with Gasteiger partial charge in [0, 0.05) is 11.8 Å². The largest absolute Gasteiger partial charge is 0.496 e. The molecule has 0 fully saturated rings. The van der Waals surface area contributed by atoms with Gasteiger partial charge in [-0.15, -0.1) is 11.3 Å². The van der Waals surface area contributed by atoms with Crippen LogP contribution >= 0.6 is 11.3 Å². The number of thiazole rings is 1. The molecule has 2 rings (SSSR count). The van der Waals surface area contributed by atoms with E-state index in [2.05, 4.69) is 36.3 Å². The Kier molecular flexibility index (Phi) is 3.99. The van der Waals surface area contributed by atoms with Crippen LogP contribution in [0, 0.1) is 13.8 Å². The number of hydrogen-bond donors (Lipinski definition) is 1. The summed E-state index contributed by atoms with van der Waals surface area (Å²) in [4.78, 5) is 4.62. The maximum absolute atomic E-state index is 5.55. The van der Waals surface area contributed by atoms with Crippen LogP contribution in [-0.2, 0) is 6.42 Å². The average Bonchev–Trinajstić information content (AvgIpc) is 2.77. The Morgan fingerprint density at radius 1 is 1.33 bits per heavy atom. The Bertz CT molecular complexity index is 549. The molecule has 1 heterocycles. The average molecular weight is 262 g/mol. The fourth-order valence-corrected chi connectivity index (χ4v) is 2.94. The van der Waals surface area contributed by atoms with E-state index in [1.54, 1.807) is 18.4 Å². The lowest BCUT2D eigenvalue weighted by atomic mass is 10.1. The molecule has 0 aliphatic carbocycles. The smallest absolute Gasteiger partial charge is 0.132 e. The molecular weight excluding hydrogens is 244 g/mol. The topological polar surface area (TPSA) is 48.1 Å². The lowest BCUT2D eigenvalue weighted by molar-refractivity contribution is 0.413. The maximum Gasteiger partial charge on any atom is 0.132 e. The first-order valence-electron chi connectivity index (χ1n) is 5.95. The Labute approximate surface area is 112 Å². The van der Waals surface area contributed by atoms with Gasteiger partial charge in [-0.1, -0.05) is 6.07 Å². The summed E-state index contributed by atoms with van der Waals surface area (Å²) in [5.74, 6) is 0.911. The molecule has 2 aromatic rings. The first kappa shape index (κ1) is 13.1. The van der Waals surface area contributed by atoms with Crippen molar-refractivity contribution in [3.63, 3.8) is 0 Å². The van der Waals surface area contributed by atoms with E-state index >= 15 is 0 Å². The van der Waals surface area contributed by atoms with Crippen LogP contribution in [0.15, 0.2) is 17.5 Å².